The summed E-state index contributed by atoms with van der Waals surface area (Å²) in [5, 5.41) is 0. The van der Waals surface area contributed by atoms with Crippen molar-refractivity contribution in [2.45, 2.75) is 84.5 Å². The highest BCUT2D eigenvalue weighted by molar-refractivity contribution is 4.52. The van der Waals surface area contributed by atoms with Crippen LogP contribution in [0.2, 0.25) is 0 Å². The third-order valence-corrected chi connectivity index (χ3v) is 2.96. The predicted octanol–water partition coefficient (Wildman–Crippen LogP) is 5.50. The summed E-state index contributed by atoms with van der Waals surface area (Å²) in [5.41, 5.74) is 0. The molecule has 0 bridgehead atoms. The van der Waals surface area contributed by atoms with Crippen LogP contribution in [0.15, 0.2) is 0 Å². The van der Waals surface area contributed by atoms with Crippen LogP contribution in [0.3, 0.4) is 0 Å². The Morgan fingerprint density at radius 1 is 0.688 bits per heavy atom. The first-order chi connectivity index (χ1) is 7.91. The van der Waals surface area contributed by atoms with Gasteiger partial charge in [-0.25, -0.2) is 0 Å². The maximum absolute atomic E-state index is 5.19. The standard InChI is InChI=1S/C15H31O/c1-3-5-6-7-8-9-10-11-12-13-14-15-16-4-2/h15H,3-14H2,1-2H3. The van der Waals surface area contributed by atoms with Crippen LogP contribution in [0.1, 0.15) is 84.5 Å². The molecule has 0 unspecified atom stereocenters. The fraction of sp³-hybridized carbons (Fsp3) is 0.933. The minimum absolute atomic E-state index is 0.817. The van der Waals surface area contributed by atoms with Gasteiger partial charge in [-0.1, -0.05) is 71.1 Å². The third-order valence-electron chi connectivity index (χ3n) is 2.96. The monoisotopic (exact) mass is 227 g/mol. The van der Waals surface area contributed by atoms with Crippen LogP contribution in [-0.2, 0) is 4.74 Å². The van der Waals surface area contributed by atoms with Crippen LogP contribution >= 0.6 is 0 Å². The highest BCUT2D eigenvalue weighted by atomic mass is 16.5. The molecule has 0 aromatic carbocycles. The van der Waals surface area contributed by atoms with E-state index in [-0.39, 0.29) is 0 Å². The minimum Gasteiger partial charge on any atom is -0.376 e. The van der Waals surface area contributed by atoms with Crippen molar-refractivity contribution in [2.75, 3.05) is 6.61 Å². The van der Waals surface area contributed by atoms with E-state index in [1.807, 2.05) is 13.5 Å². The van der Waals surface area contributed by atoms with E-state index in [1.54, 1.807) is 0 Å². The molecule has 0 atom stereocenters. The maximum atomic E-state index is 5.19. The van der Waals surface area contributed by atoms with E-state index in [4.69, 9.17) is 4.74 Å². The summed E-state index contributed by atoms with van der Waals surface area (Å²) in [7, 11) is 0. The molecule has 1 heteroatoms. The SMILES string of the molecule is CCCCCCCCCCCC[CH]OCC. The summed E-state index contributed by atoms with van der Waals surface area (Å²) in [6.45, 7) is 7.09. The molecular formula is C15H31O. The van der Waals surface area contributed by atoms with Crippen LogP contribution in [0, 0.1) is 6.61 Å². The quantitative estimate of drug-likeness (QED) is 0.378. The zero-order valence-corrected chi connectivity index (χ0v) is 11.5. The lowest BCUT2D eigenvalue weighted by molar-refractivity contribution is 0.205. The van der Waals surface area contributed by atoms with Crippen LogP contribution in [-0.4, -0.2) is 6.61 Å². The predicted molar refractivity (Wildman–Crippen MR) is 72.4 cm³/mol. The molecule has 1 radical (unpaired) electrons. The molecule has 97 valence electrons. The average molecular weight is 227 g/mol. The molecule has 0 amide bonds. The molecule has 0 aliphatic carbocycles. The van der Waals surface area contributed by atoms with Crippen molar-refractivity contribution in [3.8, 4) is 0 Å². The van der Waals surface area contributed by atoms with E-state index in [2.05, 4.69) is 6.92 Å². The Balaban J connectivity index is 2.83. The second kappa shape index (κ2) is 15.0. The van der Waals surface area contributed by atoms with E-state index in [0.717, 1.165) is 13.0 Å². The molecule has 0 saturated heterocycles. The molecule has 0 N–H and O–H groups in total. The Morgan fingerprint density at radius 3 is 1.69 bits per heavy atom. The first-order valence-electron chi connectivity index (χ1n) is 7.35. The number of hydrogen-bond acceptors (Lipinski definition) is 1. The Hall–Kier alpha value is -0.0400. The topological polar surface area (TPSA) is 9.23 Å². The maximum Gasteiger partial charge on any atom is 0.0836 e. The Labute approximate surface area is 103 Å². The van der Waals surface area contributed by atoms with Crippen LogP contribution in [0.5, 0.6) is 0 Å². The number of rotatable bonds is 13. The number of hydrogen-bond donors (Lipinski definition) is 0. The molecule has 0 aliphatic heterocycles. The lowest BCUT2D eigenvalue weighted by Gasteiger charge is -2.02. The molecule has 1 nitrogen and oxygen atoms in total. The van der Waals surface area contributed by atoms with Gasteiger partial charge in [0.25, 0.3) is 0 Å². The Morgan fingerprint density at radius 2 is 1.19 bits per heavy atom. The molecular weight excluding hydrogens is 196 g/mol. The van der Waals surface area contributed by atoms with Crippen molar-refractivity contribution in [1.82, 2.24) is 0 Å². The molecule has 0 fully saturated rings. The van der Waals surface area contributed by atoms with Crippen LogP contribution < -0.4 is 0 Å². The van der Waals surface area contributed by atoms with Crippen molar-refractivity contribution in [2.24, 2.45) is 0 Å². The molecule has 0 aromatic rings. The second-order valence-electron chi connectivity index (χ2n) is 4.59. The smallest absolute Gasteiger partial charge is 0.0836 e. The summed E-state index contributed by atoms with van der Waals surface area (Å²) >= 11 is 0. The second-order valence-corrected chi connectivity index (χ2v) is 4.59. The Bertz CT molecular complexity index is 98.0. The zero-order valence-electron chi connectivity index (χ0n) is 11.5. The van der Waals surface area contributed by atoms with Gasteiger partial charge in [0.15, 0.2) is 0 Å². The van der Waals surface area contributed by atoms with E-state index in [0.29, 0.717) is 0 Å². The lowest BCUT2D eigenvalue weighted by Crippen LogP contribution is -1.87. The summed E-state index contributed by atoms with van der Waals surface area (Å²) < 4.78 is 5.19. The highest BCUT2D eigenvalue weighted by Crippen LogP contribution is 2.11. The van der Waals surface area contributed by atoms with E-state index in [1.165, 1.54) is 64.2 Å². The van der Waals surface area contributed by atoms with Crippen LogP contribution in [0.4, 0.5) is 0 Å². The van der Waals surface area contributed by atoms with Crippen molar-refractivity contribution in [3.05, 3.63) is 6.61 Å². The molecule has 0 saturated carbocycles. The van der Waals surface area contributed by atoms with Gasteiger partial charge in [0, 0.05) is 6.61 Å². The molecule has 0 aromatic heterocycles. The van der Waals surface area contributed by atoms with Gasteiger partial charge in [0.2, 0.25) is 0 Å². The summed E-state index contributed by atoms with van der Waals surface area (Å²) in [4.78, 5) is 0. The Kier molecular flexibility index (Phi) is 14.9. The highest BCUT2D eigenvalue weighted by Gasteiger charge is 1.93. The normalized spacial score (nSPS) is 10.9. The number of unbranched alkanes of at least 4 members (excludes halogenated alkanes) is 10. The van der Waals surface area contributed by atoms with Gasteiger partial charge in [0.1, 0.15) is 0 Å². The summed E-state index contributed by atoms with van der Waals surface area (Å²) in [5.74, 6) is 0. The largest absolute Gasteiger partial charge is 0.376 e. The van der Waals surface area contributed by atoms with Gasteiger partial charge in [0.05, 0.1) is 6.61 Å². The lowest BCUT2D eigenvalue weighted by atomic mass is 10.1. The number of ether oxygens (including phenoxy) is 1. The fourth-order valence-electron chi connectivity index (χ4n) is 1.92. The molecule has 0 heterocycles. The van der Waals surface area contributed by atoms with Gasteiger partial charge in [-0.15, -0.1) is 0 Å². The van der Waals surface area contributed by atoms with E-state index < -0.39 is 0 Å². The first-order valence-corrected chi connectivity index (χ1v) is 7.35. The van der Waals surface area contributed by atoms with Gasteiger partial charge in [-0.05, 0) is 13.3 Å². The van der Waals surface area contributed by atoms with Gasteiger partial charge in [-0.2, -0.15) is 0 Å². The van der Waals surface area contributed by atoms with Crippen molar-refractivity contribution in [3.63, 3.8) is 0 Å². The minimum atomic E-state index is 0.817. The zero-order chi connectivity index (χ0) is 11.9. The molecule has 0 rings (SSSR count). The fourth-order valence-corrected chi connectivity index (χ4v) is 1.92. The van der Waals surface area contributed by atoms with Gasteiger partial charge >= 0.3 is 0 Å². The van der Waals surface area contributed by atoms with Crippen LogP contribution in [0.25, 0.3) is 0 Å². The molecule has 16 heavy (non-hydrogen) atoms. The first kappa shape index (κ1) is 16.0. The van der Waals surface area contributed by atoms with Crippen molar-refractivity contribution in [1.29, 1.82) is 0 Å². The van der Waals surface area contributed by atoms with Gasteiger partial charge < -0.3 is 4.74 Å². The average Bonchev–Trinajstić information content (AvgIpc) is 2.31. The van der Waals surface area contributed by atoms with Gasteiger partial charge in [-0.3, -0.25) is 0 Å². The van der Waals surface area contributed by atoms with E-state index in [9.17, 15) is 0 Å². The van der Waals surface area contributed by atoms with Crippen molar-refractivity contribution >= 4 is 0 Å². The van der Waals surface area contributed by atoms with Crippen molar-refractivity contribution < 1.29 is 4.74 Å². The summed E-state index contributed by atoms with van der Waals surface area (Å²) in [6, 6.07) is 0. The summed E-state index contributed by atoms with van der Waals surface area (Å²) in [6.07, 6.45) is 15.2. The molecule has 0 aliphatic rings. The molecule has 0 spiro atoms. The van der Waals surface area contributed by atoms with E-state index >= 15 is 0 Å². The third kappa shape index (κ3) is 14.0.